The molecule has 188 valence electrons. The number of anilines is 1. The van der Waals surface area contributed by atoms with Gasteiger partial charge in [0.2, 0.25) is 0 Å². The maximum Gasteiger partial charge on any atom is 0.338 e. The van der Waals surface area contributed by atoms with E-state index in [0.717, 1.165) is 5.69 Å². The third-order valence-electron chi connectivity index (χ3n) is 6.02. The molecule has 0 unspecified atom stereocenters. The minimum Gasteiger partial charge on any atom is -0.498 e. The van der Waals surface area contributed by atoms with Crippen molar-refractivity contribution in [1.29, 1.82) is 0 Å². The van der Waals surface area contributed by atoms with Crippen molar-refractivity contribution in [1.82, 2.24) is 5.32 Å². The Morgan fingerprint density at radius 2 is 1.49 bits per heavy atom. The molecule has 0 aliphatic heterocycles. The number of benzene rings is 3. The summed E-state index contributed by atoms with van der Waals surface area (Å²) in [6, 6.07) is 18.2. The fourth-order valence-electron chi connectivity index (χ4n) is 4.01. The van der Waals surface area contributed by atoms with Gasteiger partial charge in [-0.2, -0.15) is 0 Å². The van der Waals surface area contributed by atoms with Crippen molar-refractivity contribution in [2.75, 3.05) is 38.3 Å². The second-order valence-electron chi connectivity index (χ2n) is 8.36. The van der Waals surface area contributed by atoms with Crippen LogP contribution in [0.25, 0.3) is 0 Å². The molecule has 37 heavy (non-hydrogen) atoms. The lowest BCUT2D eigenvalue weighted by atomic mass is 9.83. The van der Waals surface area contributed by atoms with E-state index in [1.807, 2.05) is 11.9 Å². The Hall–Kier alpha value is -4.72. The van der Waals surface area contributed by atoms with Crippen LogP contribution >= 0.6 is 0 Å². The van der Waals surface area contributed by atoms with Gasteiger partial charge in [0.15, 0.2) is 11.6 Å². The Balaban J connectivity index is 1.32. The van der Waals surface area contributed by atoms with Crippen LogP contribution in [0.4, 0.5) is 5.69 Å². The smallest absolute Gasteiger partial charge is 0.338 e. The Kier molecular flexibility index (Phi) is 7.78. The van der Waals surface area contributed by atoms with Crippen molar-refractivity contribution >= 4 is 29.1 Å². The minimum absolute atomic E-state index is 0.133. The average molecular weight is 499 g/mol. The molecule has 0 aromatic heterocycles. The van der Waals surface area contributed by atoms with E-state index >= 15 is 0 Å². The molecule has 0 bridgehead atoms. The molecule has 1 aliphatic carbocycles. The molecule has 0 heterocycles. The lowest BCUT2D eigenvalue weighted by molar-refractivity contribution is 0.0421. The van der Waals surface area contributed by atoms with E-state index in [2.05, 4.69) is 11.9 Å². The first kappa shape index (κ1) is 25.4. The number of ether oxygens (including phenoxy) is 2. The number of hydrogen-bond acceptors (Lipinski definition) is 7. The number of nitrogens with one attached hydrogen (secondary N) is 1. The van der Waals surface area contributed by atoms with Crippen LogP contribution in [-0.4, -0.2) is 56.8 Å². The van der Waals surface area contributed by atoms with Gasteiger partial charge in [-0.1, -0.05) is 30.8 Å². The number of nitrogens with zero attached hydrogens (tertiary/aromatic N) is 1. The summed E-state index contributed by atoms with van der Waals surface area (Å²) in [7, 11) is 1.87. The summed E-state index contributed by atoms with van der Waals surface area (Å²) >= 11 is 0. The molecule has 1 N–H and O–H groups in total. The molecule has 1 amide bonds. The molecule has 0 spiro atoms. The largest absolute Gasteiger partial charge is 0.498 e. The first-order chi connectivity index (χ1) is 17.9. The fourth-order valence-corrected chi connectivity index (χ4v) is 4.01. The van der Waals surface area contributed by atoms with Crippen LogP contribution in [0.3, 0.4) is 0 Å². The van der Waals surface area contributed by atoms with Gasteiger partial charge in [-0.15, -0.1) is 0 Å². The van der Waals surface area contributed by atoms with Gasteiger partial charge < -0.3 is 19.7 Å². The molecule has 0 radical (unpaired) electrons. The summed E-state index contributed by atoms with van der Waals surface area (Å²) in [5.74, 6) is -1.27. The zero-order valence-corrected chi connectivity index (χ0v) is 20.4. The zero-order chi connectivity index (χ0) is 26.4. The highest BCUT2D eigenvalue weighted by Gasteiger charge is 2.29. The van der Waals surface area contributed by atoms with E-state index in [4.69, 9.17) is 9.47 Å². The van der Waals surface area contributed by atoms with E-state index in [1.165, 1.54) is 18.4 Å². The maximum atomic E-state index is 12.9. The predicted octanol–water partition coefficient (Wildman–Crippen LogP) is 3.65. The van der Waals surface area contributed by atoms with Gasteiger partial charge in [-0.05, 0) is 42.5 Å². The zero-order valence-electron chi connectivity index (χ0n) is 20.4. The Morgan fingerprint density at radius 3 is 2.16 bits per heavy atom. The van der Waals surface area contributed by atoms with Crippen LogP contribution < -0.4 is 10.2 Å². The molecule has 3 aromatic rings. The van der Waals surface area contributed by atoms with E-state index in [9.17, 15) is 19.2 Å². The van der Waals surface area contributed by atoms with Crippen molar-refractivity contribution in [2.24, 2.45) is 0 Å². The Morgan fingerprint density at radius 1 is 0.865 bits per heavy atom. The highest BCUT2D eigenvalue weighted by atomic mass is 16.6. The second kappa shape index (κ2) is 11.3. The van der Waals surface area contributed by atoms with Gasteiger partial charge in [0.05, 0.1) is 11.8 Å². The SMILES string of the molecule is C=COCCOC(=O)c1ccc(N(C)CCNC(=O)c2ccc3c(c2)C(=O)c2ccccc2C3=O)cc1. The maximum absolute atomic E-state index is 12.9. The number of fused-ring (bicyclic) bond motifs is 2. The standard InChI is InChI=1S/C29H26N2O6/c1-3-36-16-17-37-29(35)19-8-11-21(12-9-19)31(2)15-14-30-28(34)20-10-13-24-25(18-20)27(33)23-7-5-4-6-22(23)26(24)32/h3-13,18H,1,14-17H2,2H3,(H,30,34). The Labute approximate surface area is 214 Å². The summed E-state index contributed by atoms with van der Waals surface area (Å²) in [4.78, 5) is 52.4. The molecule has 8 nitrogen and oxygen atoms in total. The van der Waals surface area contributed by atoms with Crippen molar-refractivity contribution in [2.45, 2.75) is 0 Å². The van der Waals surface area contributed by atoms with E-state index in [1.54, 1.807) is 54.6 Å². The molecule has 3 aromatic carbocycles. The number of likely N-dealkylation sites (N-methyl/N-ethyl adjacent to an activating group) is 1. The summed E-state index contributed by atoms with van der Waals surface area (Å²) in [6.07, 6.45) is 1.29. The van der Waals surface area contributed by atoms with Crippen molar-refractivity contribution in [3.63, 3.8) is 0 Å². The number of amides is 1. The number of esters is 1. The molecule has 8 heteroatoms. The summed E-state index contributed by atoms with van der Waals surface area (Å²) in [5.41, 5.74) is 2.86. The molecule has 0 saturated heterocycles. The lowest BCUT2D eigenvalue weighted by Crippen LogP contribution is -2.33. The van der Waals surface area contributed by atoms with Gasteiger partial charge in [0.25, 0.3) is 5.91 Å². The molecular weight excluding hydrogens is 472 g/mol. The Bertz CT molecular complexity index is 1360. The molecule has 1 aliphatic rings. The number of rotatable bonds is 10. The topological polar surface area (TPSA) is 102 Å². The van der Waals surface area contributed by atoms with Crippen molar-refractivity contribution in [3.05, 3.63) is 113 Å². The van der Waals surface area contributed by atoms with E-state index < -0.39 is 5.97 Å². The summed E-state index contributed by atoms with van der Waals surface area (Å²) in [6.45, 7) is 4.65. The predicted molar refractivity (Wildman–Crippen MR) is 138 cm³/mol. The fraction of sp³-hybridized carbons (Fsp3) is 0.172. The molecule has 4 rings (SSSR count). The van der Waals surface area contributed by atoms with Gasteiger partial charge >= 0.3 is 5.97 Å². The monoisotopic (exact) mass is 498 g/mol. The lowest BCUT2D eigenvalue weighted by Gasteiger charge is -2.20. The third kappa shape index (κ3) is 5.59. The molecular formula is C29H26N2O6. The first-order valence-corrected chi connectivity index (χ1v) is 11.7. The molecule has 0 fully saturated rings. The number of carbonyl (C=O) groups is 4. The highest BCUT2D eigenvalue weighted by Crippen LogP contribution is 2.27. The van der Waals surface area contributed by atoms with Gasteiger partial charge in [-0.3, -0.25) is 14.4 Å². The molecule has 0 saturated carbocycles. The second-order valence-corrected chi connectivity index (χ2v) is 8.36. The van der Waals surface area contributed by atoms with Crippen LogP contribution in [-0.2, 0) is 9.47 Å². The van der Waals surface area contributed by atoms with E-state index in [0.29, 0.717) is 40.9 Å². The quantitative estimate of drug-likeness (QED) is 0.202. The third-order valence-corrected chi connectivity index (χ3v) is 6.02. The highest BCUT2D eigenvalue weighted by molar-refractivity contribution is 6.28. The summed E-state index contributed by atoms with van der Waals surface area (Å²) < 4.78 is 10.0. The van der Waals surface area contributed by atoms with Gasteiger partial charge in [0, 0.05) is 53.6 Å². The first-order valence-electron chi connectivity index (χ1n) is 11.7. The van der Waals surface area contributed by atoms with Crippen LogP contribution in [0.5, 0.6) is 0 Å². The molecule has 0 atom stereocenters. The van der Waals surface area contributed by atoms with Crippen molar-refractivity contribution in [3.8, 4) is 0 Å². The van der Waals surface area contributed by atoms with Crippen LogP contribution in [0.15, 0.2) is 79.6 Å². The average Bonchev–Trinajstić information content (AvgIpc) is 2.93. The van der Waals surface area contributed by atoms with Gasteiger partial charge in [-0.25, -0.2) is 4.79 Å². The van der Waals surface area contributed by atoms with Crippen LogP contribution in [0.1, 0.15) is 52.6 Å². The van der Waals surface area contributed by atoms with Crippen LogP contribution in [0, 0.1) is 0 Å². The number of ketones is 2. The van der Waals surface area contributed by atoms with Crippen LogP contribution in [0.2, 0.25) is 0 Å². The normalized spacial score (nSPS) is 11.7. The summed E-state index contributed by atoms with van der Waals surface area (Å²) in [5, 5.41) is 2.84. The number of hydrogen-bond donors (Lipinski definition) is 1. The van der Waals surface area contributed by atoms with E-state index in [-0.39, 0.29) is 36.3 Å². The van der Waals surface area contributed by atoms with Gasteiger partial charge in [0.1, 0.15) is 13.2 Å². The van der Waals surface area contributed by atoms with Crippen molar-refractivity contribution < 1.29 is 28.7 Å². The number of carbonyl (C=O) groups excluding carboxylic acids is 4. The minimum atomic E-state index is -0.442.